The standard InChI is InChI=1S/C19H29N5O/c1-15-7-8-17(18(13-15)25-4)14-23-19(20-3)22-9-5-6-11-24-12-10-21-16(24)2/h7-8,10,12-13H,5-6,9,11,14H2,1-4H3,(H2,20,22,23). The van der Waals surface area contributed by atoms with Crippen molar-refractivity contribution >= 4 is 5.96 Å². The Morgan fingerprint density at radius 1 is 1.24 bits per heavy atom. The Bertz CT molecular complexity index is 693. The van der Waals surface area contributed by atoms with E-state index in [1.54, 1.807) is 14.2 Å². The van der Waals surface area contributed by atoms with Crippen molar-refractivity contribution in [3.8, 4) is 5.75 Å². The summed E-state index contributed by atoms with van der Waals surface area (Å²) in [6.07, 6.45) is 6.05. The number of rotatable bonds is 8. The van der Waals surface area contributed by atoms with Crippen LogP contribution in [0.3, 0.4) is 0 Å². The first-order valence-electron chi connectivity index (χ1n) is 8.70. The first kappa shape index (κ1) is 18.8. The van der Waals surface area contributed by atoms with E-state index in [1.807, 2.05) is 25.4 Å². The van der Waals surface area contributed by atoms with Crippen molar-refractivity contribution in [2.45, 2.75) is 39.8 Å². The molecule has 0 aliphatic rings. The van der Waals surface area contributed by atoms with Crippen LogP contribution in [-0.2, 0) is 13.1 Å². The van der Waals surface area contributed by atoms with E-state index in [9.17, 15) is 0 Å². The molecule has 0 saturated carbocycles. The van der Waals surface area contributed by atoms with Gasteiger partial charge in [-0.3, -0.25) is 4.99 Å². The van der Waals surface area contributed by atoms with E-state index >= 15 is 0 Å². The number of nitrogens with one attached hydrogen (secondary N) is 2. The molecule has 0 aliphatic carbocycles. The zero-order chi connectivity index (χ0) is 18.1. The highest BCUT2D eigenvalue weighted by atomic mass is 16.5. The highest BCUT2D eigenvalue weighted by Gasteiger charge is 2.04. The number of unbranched alkanes of at least 4 members (excludes halogenated alkanes) is 1. The maximum Gasteiger partial charge on any atom is 0.191 e. The second-order valence-corrected chi connectivity index (χ2v) is 6.04. The largest absolute Gasteiger partial charge is 0.496 e. The topological polar surface area (TPSA) is 63.5 Å². The molecule has 1 aromatic heterocycles. The van der Waals surface area contributed by atoms with E-state index in [0.29, 0.717) is 6.54 Å². The van der Waals surface area contributed by atoms with Crippen molar-refractivity contribution in [1.82, 2.24) is 20.2 Å². The summed E-state index contributed by atoms with van der Waals surface area (Å²) in [5.41, 5.74) is 2.31. The van der Waals surface area contributed by atoms with Gasteiger partial charge in [0.15, 0.2) is 5.96 Å². The van der Waals surface area contributed by atoms with Crippen LogP contribution in [0.25, 0.3) is 0 Å². The molecule has 0 atom stereocenters. The molecular formula is C19H29N5O. The Morgan fingerprint density at radius 3 is 2.76 bits per heavy atom. The molecule has 0 spiro atoms. The molecule has 0 bridgehead atoms. The maximum atomic E-state index is 5.44. The molecule has 0 fully saturated rings. The van der Waals surface area contributed by atoms with Gasteiger partial charge in [0.05, 0.1) is 7.11 Å². The molecule has 136 valence electrons. The fourth-order valence-corrected chi connectivity index (χ4v) is 2.65. The fourth-order valence-electron chi connectivity index (χ4n) is 2.65. The van der Waals surface area contributed by atoms with Crippen LogP contribution in [0.5, 0.6) is 5.75 Å². The molecule has 2 aromatic rings. The Kier molecular flexibility index (Phi) is 7.32. The van der Waals surface area contributed by atoms with Gasteiger partial charge in [-0.1, -0.05) is 12.1 Å². The third-order valence-corrected chi connectivity index (χ3v) is 4.15. The van der Waals surface area contributed by atoms with Gasteiger partial charge in [0.25, 0.3) is 0 Å². The Hall–Kier alpha value is -2.50. The van der Waals surface area contributed by atoms with Crippen LogP contribution in [0.1, 0.15) is 29.8 Å². The molecule has 0 amide bonds. The van der Waals surface area contributed by atoms with Crippen LogP contribution in [0.15, 0.2) is 35.6 Å². The Balaban J connectivity index is 1.71. The van der Waals surface area contributed by atoms with Crippen LogP contribution in [-0.4, -0.2) is 36.2 Å². The Morgan fingerprint density at radius 2 is 2.08 bits per heavy atom. The number of ether oxygens (including phenoxy) is 1. The van der Waals surface area contributed by atoms with Gasteiger partial charge in [0.2, 0.25) is 0 Å². The number of aliphatic imine (C=N–C) groups is 1. The molecule has 2 rings (SSSR count). The normalized spacial score (nSPS) is 11.4. The first-order valence-corrected chi connectivity index (χ1v) is 8.70. The molecule has 0 saturated heterocycles. The molecule has 6 nitrogen and oxygen atoms in total. The summed E-state index contributed by atoms with van der Waals surface area (Å²) in [5.74, 6) is 2.78. The number of hydrogen-bond donors (Lipinski definition) is 2. The molecule has 0 radical (unpaired) electrons. The predicted molar refractivity (Wildman–Crippen MR) is 102 cm³/mol. The molecule has 2 N–H and O–H groups in total. The second kappa shape index (κ2) is 9.71. The van der Waals surface area contributed by atoms with Crippen LogP contribution < -0.4 is 15.4 Å². The fraction of sp³-hybridized carbons (Fsp3) is 0.474. The number of aryl methyl sites for hydroxylation is 3. The van der Waals surface area contributed by atoms with E-state index in [2.05, 4.69) is 44.2 Å². The minimum Gasteiger partial charge on any atom is -0.496 e. The first-order chi connectivity index (χ1) is 12.1. The van der Waals surface area contributed by atoms with E-state index in [1.165, 1.54) is 5.56 Å². The van der Waals surface area contributed by atoms with E-state index in [0.717, 1.165) is 49.0 Å². The van der Waals surface area contributed by atoms with Gasteiger partial charge >= 0.3 is 0 Å². The lowest BCUT2D eigenvalue weighted by atomic mass is 10.1. The average Bonchev–Trinajstić information content (AvgIpc) is 3.03. The number of imidazole rings is 1. The third-order valence-electron chi connectivity index (χ3n) is 4.15. The summed E-state index contributed by atoms with van der Waals surface area (Å²) < 4.78 is 7.62. The van der Waals surface area contributed by atoms with Crippen molar-refractivity contribution < 1.29 is 4.74 Å². The maximum absolute atomic E-state index is 5.44. The van der Waals surface area contributed by atoms with Gasteiger partial charge in [-0.25, -0.2) is 4.98 Å². The summed E-state index contributed by atoms with van der Waals surface area (Å²) >= 11 is 0. The van der Waals surface area contributed by atoms with Gasteiger partial charge in [0.1, 0.15) is 11.6 Å². The van der Waals surface area contributed by atoms with Gasteiger partial charge in [-0.05, 0) is 38.3 Å². The van der Waals surface area contributed by atoms with Crippen LogP contribution in [0.2, 0.25) is 0 Å². The summed E-state index contributed by atoms with van der Waals surface area (Å²) in [6.45, 7) is 6.66. The van der Waals surface area contributed by atoms with E-state index in [4.69, 9.17) is 4.74 Å². The van der Waals surface area contributed by atoms with Crippen molar-refractivity contribution in [3.05, 3.63) is 47.5 Å². The third kappa shape index (κ3) is 5.81. The van der Waals surface area contributed by atoms with Gasteiger partial charge in [-0.2, -0.15) is 0 Å². The Labute approximate surface area is 150 Å². The van der Waals surface area contributed by atoms with Gasteiger partial charge in [-0.15, -0.1) is 0 Å². The summed E-state index contributed by atoms with van der Waals surface area (Å²) in [7, 11) is 3.49. The second-order valence-electron chi connectivity index (χ2n) is 6.04. The number of nitrogens with zero attached hydrogens (tertiary/aromatic N) is 3. The van der Waals surface area contributed by atoms with Crippen LogP contribution in [0, 0.1) is 13.8 Å². The zero-order valence-electron chi connectivity index (χ0n) is 15.7. The zero-order valence-corrected chi connectivity index (χ0v) is 15.7. The monoisotopic (exact) mass is 343 g/mol. The van der Waals surface area contributed by atoms with Crippen LogP contribution >= 0.6 is 0 Å². The predicted octanol–water partition coefficient (Wildman–Crippen LogP) is 2.65. The number of hydrogen-bond acceptors (Lipinski definition) is 3. The summed E-state index contributed by atoms with van der Waals surface area (Å²) in [4.78, 5) is 8.51. The van der Waals surface area contributed by atoms with Gasteiger partial charge in [0, 0.05) is 44.6 Å². The molecule has 0 aliphatic heterocycles. The smallest absolute Gasteiger partial charge is 0.191 e. The van der Waals surface area contributed by atoms with Gasteiger partial charge < -0.3 is 19.9 Å². The van der Waals surface area contributed by atoms with Crippen molar-refractivity contribution in [3.63, 3.8) is 0 Å². The number of benzene rings is 1. The van der Waals surface area contributed by atoms with E-state index < -0.39 is 0 Å². The lowest BCUT2D eigenvalue weighted by Crippen LogP contribution is -2.37. The molecule has 6 heteroatoms. The van der Waals surface area contributed by atoms with Crippen molar-refractivity contribution in [1.29, 1.82) is 0 Å². The minimum atomic E-state index is 0.678. The summed E-state index contributed by atoms with van der Waals surface area (Å²) in [6, 6.07) is 6.22. The average molecular weight is 343 g/mol. The molecule has 1 aromatic carbocycles. The highest BCUT2D eigenvalue weighted by molar-refractivity contribution is 5.79. The lowest BCUT2D eigenvalue weighted by Gasteiger charge is -2.14. The molecule has 0 unspecified atom stereocenters. The highest BCUT2D eigenvalue weighted by Crippen LogP contribution is 2.19. The molecule has 25 heavy (non-hydrogen) atoms. The number of aromatic nitrogens is 2. The van der Waals surface area contributed by atoms with Crippen molar-refractivity contribution in [2.24, 2.45) is 4.99 Å². The molecule has 1 heterocycles. The number of guanidine groups is 1. The van der Waals surface area contributed by atoms with Crippen LogP contribution in [0.4, 0.5) is 0 Å². The number of methoxy groups -OCH3 is 1. The SMILES string of the molecule is CN=C(NCCCCn1ccnc1C)NCc1ccc(C)cc1OC. The van der Waals surface area contributed by atoms with E-state index in [-0.39, 0.29) is 0 Å². The molecular weight excluding hydrogens is 314 g/mol. The lowest BCUT2D eigenvalue weighted by molar-refractivity contribution is 0.408. The summed E-state index contributed by atoms with van der Waals surface area (Å²) in [5, 5.41) is 6.69. The quantitative estimate of drug-likeness (QED) is 0.439. The minimum absolute atomic E-state index is 0.678. The van der Waals surface area contributed by atoms with Crippen molar-refractivity contribution in [2.75, 3.05) is 20.7 Å².